The van der Waals surface area contributed by atoms with Crippen molar-refractivity contribution in [3.05, 3.63) is 103 Å². The number of benzene rings is 4. The Morgan fingerprint density at radius 3 is 2.02 bits per heavy atom. The molecule has 0 fully saturated rings. The van der Waals surface area contributed by atoms with Gasteiger partial charge >= 0.3 is 0 Å². The number of amides is 1. The van der Waals surface area contributed by atoms with Gasteiger partial charge in [0.25, 0.3) is 20.0 Å². The highest BCUT2D eigenvalue weighted by Gasteiger charge is 2.27. The van der Waals surface area contributed by atoms with Gasteiger partial charge in [0, 0.05) is 11.8 Å². The van der Waals surface area contributed by atoms with Crippen LogP contribution in [0, 0.1) is 6.92 Å². The first kappa shape index (κ1) is 29.4. The zero-order valence-corrected chi connectivity index (χ0v) is 24.2. The molecule has 0 atom stereocenters. The van der Waals surface area contributed by atoms with E-state index in [1.807, 2.05) is 6.92 Å². The Kier molecular flexibility index (Phi) is 8.84. The standard InChI is InChI=1S/C29H29N3O7S2/c1-21-9-14-26(15-10-21)41(36,37)32(23-7-5-4-6-8-23)20-29(33)30-22-11-16-25(17-12-22)40(34,35)31-27-19-24(38-2)13-18-28(27)39-3/h4-19,31H,20H2,1-3H3,(H,30,33). The van der Waals surface area contributed by atoms with Crippen LogP contribution in [0.4, 0.5) is 17.1 Å². The van der Waals surface area contributed by atoms with Gasteiger partial charge in [0.15, 0.2) is 0 Å². The molecule has 0 bridgehead atoms. The number of nitrogens with zero attached hydrogens (tertiary/aromatic N) is 1. The first-order valence-corrected chi connectivity index (χ1v) is 15.2. The molecule has 10 nitrogen and oxygen atoms in total. The van der Waals surface area contributed by atoms with Crippen LogP contribution in [0.15, 0.2) is 107 Å². The monoisotopic (exact) mass is 595 g/mol. The van der Waals surface area contributed by atoms with Crippen molar-refractivity contribution in [2.24, 2.45) is 0 Å². The SMILES string of the molecule is COc1ccc(OC)c(NS(=O)(=O)c2ccc(NC(=O)CN(c3ccccc3)S(=O)(=O)c3ccc(C)cc3)cc2)c1. The van der Waals surface area contributed by atoms with Crippen LogP contribution < -0.4 is 23.8 Å². The second-order valence-electron chi connectivity index (χ2n) is 8.90. The normalized spacial score (nSPS) is 11.4. The maximum absolute atomic E-state index is 13.5. The first-order valence-electron chi connectivity index (χ1n) is 12.3. The number of aryl methyl sites for hydroxylation is 1. The molecule has 0 aliphatic heterocycles. The molecular formula is C29H29N3O7S2. The summed E-state index contributed by atoms with van der Waals surface area (Å²) in [4.78, 5) is 13.0. The number of methoxy groups -OCH3 is 2. The number of carbonyl (C=O) groups excluding carboxylic acids is 1. The van der Waals surface area contributed by atoms with E-state index in [-0.39, 0.29) is 21.2 Å². The third-order valence-electron chi connectivity index (χ3n) is 6.04. The molecule has 0 saturated heterocycles. The molecule has 0 saturated carbocycles. The van der Waals surface area contributed by atoms with E-state index in [1.165, 1.54) is 56.7 Å². The number of carbonyl (C=O) groups is 1. The fraction of sp³-hybridized carbons (Fsp3) is 0.138. The van der Waals surface area contributed by atoms with Gasteiger partial charge in [-0.05, 0) is 67.6 Å². The number of hydrogen-bond donors (Lipinski definition) is 2. The summed E-state index contributed by atoms with van der Waals surface area (Å²) in [7, 11) is -5.19. The Bertz CT molecular complexity index is 1730. The average Bonchev–Trinajstić information content (AvgIpc) is 2.96. The van der Waals surface area contributed by atoms with Crippen LogP contribution in [0.3, 0.4) is 0 Å². The molecule has 214 valence electrons. The van der Waals surface area contributed by atoms with Gasteiger partial charge in [-0.3, -0.25) is 13.8 Å². The lowest BCUT2D eigenvalue weighted by Gasteiger charge is -2.24. The summed E-state index contributed by atoms with van der Waals surface area (Å²) in [5.74, 6) is 0.136. The molecule has 0 spiro atoms. The molecule has 0 aliphatic rings. The average molecular weight is 596 g/mol. The lowest BCUT2D eigenvalue weighted by molar-refractivity contribution is -0.114. The van der Waals surface area contributed by atoms with Gasteiger partial charge in [0.1, 0.15) is 18.0 Å². The fourth-order valence-electron chi connectivity index (χ4n) is 3.89. The molecular weight excluding hydrogens is 566 g/mol. The minimum Gasteiger partial charge on any atom is -0.497 e. The predicted molar refractivity (Wildman–Crippen MR) is 158 cm³/mol. The summed E-state index contributed by atoms with van der Waals surface area (Å²) in [6, 6.07) is 24.8. The van der Waals surface area contributed by atoms with Crippen LogP contribution in [0.1, 0.15) is 5.56 Å². The molecule has 0 unspecified atom stereocenters. The van der Waals surface area contributed by atoms with Gasteiger partial charge < -0.3 is 14.8 Å². The van der Waals surface area contributed by atoms with Gasteiger partial charge in [0.2, 0.25) is 5.91 Å². The Labute approximate surface area is 239 Å². The number of hydrogen-bond acceptors (Lipinski definition) is 7. The molecule has 12 heteroatoms. The highest BCUT2D eigenvalue weighted by molar-refractivity contribution is 7.93. The quantitative estimate of drug-likeness (QED) is 0.258. The van der Waals surface area contributed by atoms with Crippen LogP contribution in [0.2, 0.25) is 0 Å². The van der Waals surface area contributed by atoms with Gasteiger partial charge in [-0.15, -0.1) is 0 Å². The van der Waals surface area contributed by atoms with Crippen molar-refractivity contribution in [3.63, 3.8) is 0 Å². The van der Waals surface area contributed by atoms with Crippen molar-refractivity contribution in [1.29, 1.82) is 0 Å². The molecule has 1 amide bonds. The minimum absolute atomic E-state index is 0.0504. The van der Waals surface area contributed by atoms with Gasteiger partial charge in [-0.2, -0.15) is 0 Å². The van der Waals surface area contributed by atoms with E-state index in [9.17, 15) is 21.6 Å². The van der Waals surface area contributed by atoms with Crippen molar-refractivity contribution in [2.75, 3.05) is 35.1 Å². The summed E-state index contributed by atoms with van der Waals surface area (Å²) in [6.07, 6.45) is 0. The van der Waals surface area contributed by atoms with E-state index in [1.54, 1.807) is 54.6 Å². The highest BCUT2D eigenvalue weighted by Crippen LogP contribution is 2.31. The smallest absolute Gasteiger partial charge is 0.264 e. The zero-order chi connectivity index (χ0) is 29.6. The Morgan fingerprint density at radius 2 is 1.41 bits per heavy atom. The van der Waals surface area contributed by atoms with Gasteiger partial charge in [0.05, 0.1) is 35.4 Å². The maximum atomic E-state index is 13.5. The van der Waals surface area contributed by atoms with Crippen LogP contribution in [-0.2, 0) is 24.8 Å². The second kappa shape index (κ2) is 12.3. The topological polar surface area (TPSA) is 131 Å². The molecule has 0 radical (unpaired) electrons. The molecule has 41 heavy (non-hydrogen) atoms. The largest absolute Gasteiger partial charge is 0.497 e. The van der Waals surface area contributed by atoms with Crippen LogP contribution in [0.25, 0.3) is 0 Å². The van der Waals surface area contributed by atoms with E-state index >= 15 is 0 Å². The van der Waals surface area contributed by atoms with E-state index in [4.69, 9.17) is 9.47 Å². The van der Waals surface area contributed by atoms with Crippen LogP contribution in [-0.4, -0.2) is 43.5 Å². The molecule has 4 aromatic rings. The lowest BCUT2D eigenvalue weighted by atomic mass is 10.2. The molecule has 4 rings (SSSR count). The fourth-order valence-corrected chi connectivity index (χ4v) is 6.37. The number of anilines is 3. The summed E-state index contributed by atoms with van der Waals surface area (Å²) in [5.41, 5.74) is 1.70. The lowest BCUT2D eigenvalue weighted by Crippen LogP contribution is -2.38. The van der Waals surface area contributed by atoms with Crippen molar-refractivity contribution < 1.29 is 31.1 Å². The number of nitrogens with one attached hydrogen (secondary N) is 2. The number of rotatable bonds is 11. The van der Waals surface area contributed by atoms with E-state index in [2.05, 4.69) is 10.0 Å². The van der Waals surface area contributed by atoms with Crippen LogP contribution in [0.5, 0.6) is 11.5 Å². The second-order valence-corrected chi connectivity index (χ2v) is 12.4. The number of sulfonamides is 2. The maximum Gasteiger partial charge on any atom is 0.264 e. The van der Waals surface area contributed by atoms with Crippen molar-refractivity contribution in [1.82, 2.24) is 0 Å². The molecule has 0 aromatic heterocycles. The predicted octanol–water partition coefficient (Wildman–Crippen LogP) is 4.65. The summed E-state index contributed by atoms with van der Waals surface area (Å²) >= 11 is 0. The Hall–Kier alpha value is -4.55. The summed E-state index contributed by atoms with van der Waals surface area (Å²) in [6.45, 7) is 1.35. The molecule has 4 aromatic carbocycles. The first-order chi connectivity index (χ1) is 19.5. The van der Waals surface area contributed by atoms with E-state index < -0.39 is 32.5 Å². The molecule has 0 aliphatic carbocycles. The van der Waals surface area contributed by atoms with Crippen molar-refractivity contribution in [2.45, 2.75) is 16.7 Å². The Balaban J connectivity index is 1.52. The minimum atomic E-state index is -4.06. The van der Waals surface area contributed by atoms with Crippen molar-refractivity contribution in [3.8, 4) is 11.5 Å². The van der Waals surface area contributed by atoms with Gasteiger partial charge in [-0.25, -0.2) is 16.8 Å². The van der Waals surface area contributed by atoms with E-state index in [0.29, 0.717) is 17.2 Å². The van der Waals surface area contributed by atoms with Crippen LogP contribution >= 0.6 is 0 Å². The van der Waals surface area contributed by atoms with Crippen molar-refractivity contribution >= 4 is 43.0 Å². The number of para-hydroxylation sites is 1. The van der Waals surface area contributed by atoms with Gasteiger partial charge in [-0.1, -0.05) is 35.9 Å². The summed E-state index contributed by atoms with van der Waals surface area (Å²) < 4.78 is 66.9. The van der Waals surface area contributed by atoms with E-state index in [0.717, 1.165) is 9.87 Å². The third kappa shape index (κ3) is 6.97. The number of ether oxygens (including phenoxy) is 2. The third-order valence-corrected chi connectivity index (χ3v) is 9.21. The highest BCUT2D eigenvalue weighted by atomic mass is 32.2. The zero-order valence-electron chi connectivity index (χ0n) is 22.6. The molecule has 2 N–H and O–H groups in total. The molecule has 0 heterocycles. The Morgan fingerprint density at radius 1 is 0.780 bits per heavy atom. The summed E-state index contributed by atoms with van der Waals surface area (Å²) in [5, 5.41) is 2.64.